The smallest absolute Gasteiger partial charge is 0.226 e. The van der Waals surface area contributed by atoms with Crippen molar-refractivity contribution in [1.82, 2.24) is 10.2 Å². The molecule has 1 aliphatic heterocycles. The highest BCUT2D eigenvalue weighted by molar-refractivity contribution is 5.86. The Balaban J connectivity index is 2.62. The fraction of sp³-hybridized carbons (Fsp3) is 0.833. The Bertz CT molecular complexity index is 297. The Labute approximate surface area is 102 Å². The maximum absolute atomic E-state index is 12.2. The van der Waals surface area contributed by atoms with Crippen molar-refractivity contribution in [3.05, 3.63) is 0 Å². The third-order valence-corrected chi connectivity index (χ3v) is 2.87. The van der Waals surface area contributed by atoms with Gasteiger partial charge >= 0.3 is 0 Å². The molecule has 0 aromatic rings. The molecule has 1 heterocycles. The Morgan fingerprint density at radius 3 is 2.71 bits per heavy atom. The first-order valence-electron chi connectivity index (χ1n) is 6.11. The molecule has 1 atom stereocenters. The van der Waals surface area contributed by atoms with Gasteiger partial charge in [0.05, 0.1) is 5.60 Å². The van der Waals surface area contributed by atoms with E-state index in [2.05, 4.69) is 5.32 Å². The molecule has 0 saturated carbocycles. The van der Waals surface area contributed by atoms with Gasteiger partial charge < -0.3 is 15.3 Å². The minimum absolute atomic E-state index is 0.0236. The van der Waals surface area contributed by atoms with Crippen molar-refractivity contribution in [3.63, 3.8) is 0 Å². The van der Waals surface area contributed by atoms with E-state index in [1.807, 2.05) is 6.92 Å². The van der Waals surface area contributed by atoms with Crippen LogP contribution in [0.3, 0.4) is 0 Å². The highest BCUT2D eigenvalue weighted by Crippen LogP contribution is 2.17. The van der Waals surface area contributed by atoms with Crippen LogP contribution >= 0.6 is 0 Å². The van der Waals surface area contributed by atoms with E-state index < -0.39 is 5.60 Å². The largest absolute Gasteiger partial charge is 0.389 e. The summed E-state index contributed by atoms with van der Waals surface area (Å²) in [6.07, 6.45) is 0.953. The van der Waals surface area contributed by atoms with E-state index in [0.29, 0.717) is 26.1 Å². The van der Waals surface area contributed by atoms with Gasteiger partial charge in [-0.25, -0.2) is 0 Å². The van der Waals surface area contributed by atoms with Gasteiger partial charge in [0, 0.05) is 32.0 Å². The monoisotopic (exact) mass is 242 g/mol. The van der Waals surface area contributed by atoms with Crippen molar-refractivity contribution >= 4 is 11.8 Å². The van der Waals surface area contributed by atoms with E-state index >= 15 is 0 Å². The summed E-state index contributed by atoms with van der Waals surface area (Å²) in [5, 5.41) is 12.5. The minimum Gasteiger partial charge on any atom is -0.389 e. The first-order valence-corrected chi connectivity index (χ1v) is 6.11. The SMILES string of the molecule is CCN(CC(C)(C)O)C(=O)C1CCNC(=O)C1. The molecule has 0 aromatic heterocycles. The van der Waals surface area contributed by atoms with E-state index in [1.54, 1.807) is 18.7 Å². The number of amides is 2. The van der Waals surface area contributed by atoms with Gasteiger partial charge in [-0.15, -0.1) is 0 Å². The van der Waals surface area contributed by atoms with E-state index in [1.165, 1.54) is 0 Å². The molecule has 2 amide bonds. The van der Waals surface area contributed by atoms with Gasteiger partial charge in [-0.1, -0.05) is 0 Å². The van der Waals surface area contributed by atoms with Crippen molar-refractivity contribution < 1.29 is 14.7 Å². The number of likely N-dealkylation sites (N-methyl/N-ethyl adjacent to an activating group) is 1. The van der Waals surface area contributed by atoms with Crippen LogP contribution in [0.15, 0.2) is 0 Å². The molecule has 5 nitrogen and oxygen atoms in total. The van der Waals surface area contributed by atoms with E-state index in [4.69, 9.17) is 0 Å². The highest BCUT2D eigenvalue weighted by Gasteiger charge is 2.30. The van der Waals surface area contributed by atoms with Crippen LogP contribution in [-0.2, 0) is 9.59 Å². The lowest BCUT2D eigenvalue weighted by Gasteiger charge is -2.32. The molecule has 0 bridgehead atoms. The van der Waals surface area contributed by atoms with Gasteiger partial charge in [0.15, 0.2) is 0 Å². The zero-order valence-electron chi connectivity index (χ0n) is 10.8. The second-order valence-corrected chi connectivity index (χ2v) is 5.20. The molecule has 0 aromatic carbocycles. The van der Waals surface area contributed by atoms with Crippen LogP contribution in [0.1, 0.15) is 33.6 Å². The van der Waals surface area contributed by atoms with Gasteiger partial charge in [-0.05, 0) is 27.2 Å². The van der Waals surface area contributed by atoms with Crippen molar-refractivity contribution in [2.24, 2.45) is 5.92 Å². The second-order valence-electron chi connectivity index (χ2n) is 5.20. The van der Waals surface area contributed by atoms with E-state index in [0.717, 1.165) is 0 Å². The summed E-state index contributed by atoms with van der Waals surface area (Å²) < 4.78 is 0. The molecule has 2 N–H and O–H groups in total. The number of nitrogens with one attached hydrogen (secondary N) is 1. The van der Waals surface area contributed by atoms with Gasteiger partial charge in [0.1, 0.15) is 0 Å². The Kier molecular flexibility index (Phi) is 4.51. The summed E-state index contributed by atoms with van der Waals surface area (Å²) in [4.78, 5) is 25.1. The third kappa shape index (κ3) is 4.34. The number of piperidine rings is 1. The first kappa shape index (κ1) is 14.0. The maximum Gasteiger partial charge on any atom is 0.226 e. The topological polar surface area (TPSA) is 69.6 Å². The second kappa shape index (κ2) is 5.49. The van der Waals surface area contributed by atoms with Gasteiger partial charge in [-0.2, -0.15) is 0 Å². The van der Waals surface area contributed by atoms with Crippen LogP contribution in [-0.4, -0.2) is 47.1 Å². The van der Waals surface area contributed by atoms with Crippen LogP contribution in [0, 0.1) is 5.92 Å². The van der Waals surface area contributed by atoms with Crippen LogP contribution in [0.4, 0.5) is 0 Å². The van der Waals surface area contributed by atoms with Gasteiger partial charge in [0.25, 0.3) is 0 Å². The standard InChI is InChI=1S/C12H22N2O3/c1-4-14(8-12(2,3)17)11(16)9-5-6-13-10(15)7-9/h9,17H,4-8H2,1-3H3,(H,13,15). The minimum atomic E-state index is -0.900. The van der Waals surface area contributed by atoms with Crippen molar-refractivity contribution in [3.8, 4) is 0 Å². The molecule has 0 aliphatic carbocycles. The number of carbonyl (C=O) groups excluding carboxylic acids is 2. The van der Waals surface area contributed by atoms with Crippen molar-refractivity contribution in [2.75, 3.05) is 19.6 Å². The van der Waals surface area contributed by atoms with E-state index in [9.17, 15) is 14.7 Å². The summed E-state index contributed by atoms with van der Waals surface area (Å²) in [5.74, 6) is -0.315. The van der Waals surface area contributed by atoms with Crippen LogP contribution in [0.5, 0.6) is 0 Å². The van der Waals surface area contributed by atoms with Crippen LogP contribution in [0.25, 0.3) is 0 Å². The maximum atomic E-state index is 12.2. The summed E-state index contributed by atoms with van der Waals surface area (Å²) >= 11 is 0. The average Bonchev–Trinajstić information content (AvgIpc) is 2.23. The number of aliphatic hydroxyl groups is 1. The van der Waals surface area contributed by atoms with Gasteiger partial charge in [0.2, 0.25) is 11.8 Å². The summed E-state index contributed by atoms with van der Waals surface area (Å²) in [5.41, 5.74) is -0.900. The van der Waals surface area contributed by atoms with Gasteiger partial charge in [-0.3, -0.25) is 9.59 Å². The molecule has 1 rings (SSSR count). The molecular weight excluding hydrogens is 220 g/mol. The molecule has 1 unspecified atom stereocenters. The predicted molar refractivity (Wildman–Crippen MR) is 64.3 cm³/mol. The van der Waals surface area contributed by atoms with Crippen LogP contribution in [0.2, 0.25) is 0 Å². The van der Waals surface area contributed by atoms with Crippen molar-refractivity contribution in [2.45, 2.75) is 39.2 Å². The highest BCUT2D eigenvalue weighted by atomic mass is 16.3. The number of rotatable bonds is 4. The molecule has 5 heteroatoms. The number of hydrogen-bond donors (Lipinski definition) is 2. The Morgan fingerprint density at radius 1 is 1.59 bits per heavy atom. The molecule has 98 valence electrons. The lowest BCUT2D eigenvalue weighted by molar-refractivity contribution is -0.142. The third-order valence-electron chi connectivity index (χ3n) is 2.87. The number of hydrogen-bond acceptors (Lipinski definition) is 3. The molecule has 0 spiro atoms. The number of carbonyl (C=O) groups is 2. The molecule has 1 fully saturated rings. The zero-order chi connectivity index (χ0) is 13.1. The normalized spacial score (nSPS) is 20.9. The summed E-state index contributed by atoms with van der Waals surface area (Å²) in [6.45, 7) is 6.66. The predicted octanol–water partition coefficient (Wildman–Crippen LogP) is 0.132. The first-order chi connectivity index (χ1) is 7.83. The Morgan fingerprint density at radius 2 is 2.24 bits per heavy atom. The lowest BCUT2D eigenvalue weighted by Crippen LogP contribution is -2.47. The molecule has 17 heavy (non-hydrogen) atoms. The fourth-order valence-corrected chi connectivity index (χ4v) is 2.07. The summed E-state index contributed by atoms with van der Waals surface area (Å²) in [7, 11) is 0. The average molecular weight is 242 g/mol. The van der Waals surface area contributed by atoms with Crippen molar-refractivity contribution in [1.29, 1.82) is 0 Å². The quantitative estimate of drug-likeness (QED) is 0.736. The lowest BCUT2D eigenvalue weighted by atomic mass is 9.95. The van der Waals surface area contributed by atoms with Crippen LogP contribution < -0.4 is 5.32 Å². The molecule has 0 radical (unpaired) electrons. The zero-order valence-corrected chi connectivity index (χ0v) is 10.8. The fourth-order valence-electron chi connectivity index (χ4n) is 2.07. The molecule has 1 saturated heterocycles. The Hall–Kier alpha value is -1.10. The molecule has 1 aliphatic rings. The molecular formula is C12H22N2O3. The summed E-state index contributed by atoms with van der Waals surface area (Å²) in [6, 6.07) is 0. The van der Waals surface area contributed by atoms with E-state index in [-0.39, 0.29) is 24.2 Å². The number of nitrogens with zero attached hydrogens (tertiary/aromatic N) is 1.